The number of aliphatic hydroxyl groups is 1. The van der Waals surface area contributed by atoms with Crippen LogP contribution in [0.4, 0.5) is 4.39 Å². The lowest BCUT2D eigenvalue weighted by atomic mass is 10.3. The first-order chi connectivity index (χ1) is 9.11. The summed E-state index contributed by atoms with van der Waals surface area (Å²) in [7, 11) is 0. The second-order valence-corrected chi connectivity index (χ2v) is 4.15. The summed E-state index contributed by atoms with van der Waals surface area (Å²) in [5.74, 6) is -0.821. The fraction of sp³-hybridized carbons (Fsp3) is 0.231. The minimum atomic E-state index is -0.415. The molecule has 1 atom stereocenters. The van der Waals surface area contributed by atoms with Gasteiger partial charge in [-0.25, -0.2) is 9.07 Å². The maximum atomic E-state index is 13.6. The molecule has 2 aromatic rings. The minimum absolute atomic E-state index is 0.153. The van der Waals surface area contributed by atoms with Gasteiger partial charge >= 0.3 is 0 Å². The number of carbonyl (C=O) groups is 1. The average Bonchev–Trinajstić information content (AvgIpc) is 2.88. The molecule has 19 heavy (non-hydrogen) atoms. The van der Waals surface area contributed by atoms with E-state index in [0.29, 0.717) is 0 Å². The Kier molecular flexibility index (Phi) is 3.91. The summed E-state index contributed by atoms with van der Waals surface area (Å²) in [4.78, 5) is 11.8. The van der Waals surface area contributed by atoms with E-state index in [4.69, 9.17) is 5.11 Å². The van der Waals surface area contributed by atoms with Gasteiger partial charge in [0.15, 0.2) is 5.69 Å². The zero-order valence-electron chi connectivity index (χ0n) is 10.4. The van der Waals surface area contributed by atoms with Gasteiger partial charge in [-0.2, -0.15) is 5.10 Å². The number of carbonyl (C=O) groups excluding carboxylic acids is 1. The number of hydrogen-bond donors (Lipinski definition) is 2. The SMILES string of the molecule is CC(CO)NC(=O)c1ccn(-c2ccccc2F)n1. The zero-order chi connectivity index (χ0) is 13.8. The minimum Gasteiger partial charge on any atom is -0.394 e. The first kappa shape index (κ1) is 13.2. The van der Waals surface area contributed by atoms with Crippen LogP contribution in [0.15, 0.2) is 36.5 Å². The van der Waals surface area contributed by atoms with Crippen LogP contribution < -0.4 is 5.32 Å². The highest BCUT2D eigenvalue weighted by Gasteiger charge is 2.13. The molecule has 2 rings (SSSR count). The first-order valence-corrected chi connectivity index (χ1v) is 5.84. The van der Waals surface area contributed by atoms with Crippen LogP contribution in [0, 0.1) is 5.82 Å². The van der Waals surface area contributed by atoms with E-state index in [0.717, 1.165) is 0 Å². The summed E-state index contributed by atoms with van der Waals surface area (Å²) < 4.78 is 14.9. The third-order valence-corrected chi connectivity index (χ3v) is 2.57. The Balaban J connectivity index is 2.20. The Bertz CT molecular complexity index is 583. The van der Waals surface area contributed by atoms with Crippen LogP contribution in [0.3, 0.4) is 0 Å². The molecule has 6 heteroatoms. The molecule has 1 unspecified atom stereocenters. The predicted molar refractivity (Wildman–Crippen MR) is 67.5 cm³/mol. The Labute approximate surface area is 109 Å². The summed E-state index contributed by atoms with van der Waals surface area (Å²) in [5.41, 5.74) is 0.445. The van der Waals surface area contributed by atoms with Crippen molar-refractivity contribution in [3.8, 4) is 5.69 Å². The van der Waals surface area contributed by atoms with Crippen LogP contribution in [0.5, 0.6) is 0 Å². The van der Waals surface area contributed by atoms with Crippen molar-refractivity contribution in [2.75, 3.05) is 6.61 Å². The van der Waals surface area contributed by atoms with Gasteiger partial charge in [0.05, 0.1) is 6.61 Å². The molecule has 0 saturated heterocycles. The highest BCUT2D eigenvalue weighted by atomic mass is 19.1. The van der Waals surface area contributed by atoms with Crippen molar-refractivity contribution >= 4 is 5.91 Å². The molecule has 1 aromatic carbocycles. The molecule has 5 nitrogen and oxygen atoms in total. The third kappa shape index (κ3) is 2.97. The molecule has 0 aliphatic carbocycles. The van der Waals surface area contributed by atoms with Crippen molar-refractivity contribution < 1.29 is 14.3 Å². The predicted octanol–water partition coefficient (Wildman–Crippen LogP) is 1.12. The quantitative estimate of drug-likeness (QED) is 0.868. The number of hydrogen-bond acceptors (Lipinski definition) is 3. The van der Waals surface area contributed by atoms with Crippen molar-refractivity contribution in [3.05, 3.63) is 48.0 Å². The van der Waals surface area contributed by atoms with Crippen molar-refractivity contribution in [3.63, 3.8) is 0 Å². The van der Waals surface area contributed by atoms with E-state index in [2.05, 4.69) is 10.4 Å². The van der Waals surface area contributed by atoms with Crippen molar-refractivity contribution in [1.82, 2.24) is 15.1 Å². The molecular weight excluding hydrogens is 249 g/mol. The fourth-order valence-corrected chi connectivity index (χ4v) is 1.56. The maximum Gasteiger partial charge on any atom is 0.272 e. The normalized spacial score (nSPS) is 12.2. The summed E-state index contributed by atoms with van der Waals surface area (Å²) in [5, 5.41) is 15.4. The van der Waals surface area contributed by atoms with E-state index in [9.17, 15) is 9.18 Å². The van der Waals surface area contributed by atoms with Gasteiger partial charge < -0.3 is 10.4 Å². The van der Waals surface area contributed by atoms with E-state index >= 15 is 0 Å². The number of aliphatic hydroxyl groups excluding tert-OH is 1. The molecule has 0 radical (unpaired) electrons. The molecule has 0 saturated carbocycles. The van der Waals surface area contributed by atoms with Crippen molar-refractivity contribution in [2.24, 2.45) is 0 Å². The van der Waals surface area contributed by atoms with Crippen molar-refractivity contribution in [2.45, 2.75) is 13.0 Å². The average molecular weight is 263 g/mol. The number of nitrogens with zero attached hydrogens (tertiary/aromatic N) is 2. The Morgan fingerprint density at radius 1 is 1.47 bits per heavy atom. The second kappa shape index (κ2) is 5.62. The number of aromatic nitrogens is 2. The van der Waals surface area contributed by atoms with E-state index in [1.807, 2.05) is 0 Å². The topological polar surface area (TPSA) is 67.2 Å². The van der Waals surface area contributed by atoms with Gasteiger partial charge in [0.25, 0.3) is 5.91 Å². The molecule has 100 valence electrons. The summed E-state index contributed by atoms with van der Waals surface area (Å²) in [6.07, 6.45) is 1.51. The van der Waals surface area contributed by atoms with Gasteiger partial charge in [0.1, 0.15) is 11.5 Å². The Morgan fingerprint density at radius 2 is 2.21 bits per heavy atom. The number of benzene rings is 1. The largest absolute Gasteiger partial charge is 0.394 e. The van der Waals surface area contributed by atoms with Crippen LogP contribution in [0.1, 0.15) is 17.4 Å². The van der Waals surface area contributed by atoms with Crippen molar-refractivity contribution in [1.29, 1.82) is 0 Å². The van der Waals surface area contributed by atoms with E-state index in [1.54, 1.807) is 25.1 Å². The van der Waals surface area contributed by atoms with Gasteiger partial charge in [0, 0.05) is 12.2 Å². The van der Waals surface area contributed by atoms with Crippen LogP contribution in [-0.4, -0.2) is 33.4 Å². The third-order valence-electron chi connectivity index (χ3n) is 2.57. The smallest absolute Gasteiger partial charge is 0.272 e. The highest BCUT2D eigenvalue weighted by Crippen LogP contribution is 2.12. The van der Waals surface area contributed by atoms with Gasteiger partial charge in [-0.3, -0.25) is 4.79 Å². The van der Waals surface area contributed by atoms with Crippen LogP contribution in [-0.2, 0) is 0 Å². The monoisotopic (exact) mass is 263 g/mol. The first-order valence-electron chi connectivity index (χ1n) is 5.84. The van der Waals surface area contributed by atoms with Crippen LogP contribution in [0.25, 0.3) is 5.69 Å². The number of para-hydroxylation sites is 1. The summed E-state index contributed by atoms with van der Waals surface area (Å²) >= 11 is 0. The van der Waals surface area contributed by atoms with E-state index in [-0.39, 0.29) is 24.0 Å². The molecular formula is C13H14FN3O2. The number of rotatable bonds is 4. The molecule has 0 aliphatic heterocycles. The van der Waals surface area contributed by atoms with Gasteiger partial charge in [0.2, 0.25) is 0 Å². The van der Waals surface area contributed by atoms with Gasteiger partial charge in [-0.15, -0.1) is 0 Å². The summed E-state index contributed by atoms with van der Waals surface area (Å²) in [6, 6.07) is 7.30. The molecule has 0 aliphatic rings. The van der Waals surface area contributed by atoms with Crippen LogP contribution >= 0.6 is 0 Å². The molecule has 1 heterocycles. The molecule has 1 amide bonds. The highest BCUT2D eigenvalue weighted by molar-refractivity contribution is 5.92. The molecule has 1 aromatic heterocycles. The molecule has 0 bridgehead atoms. The summed E-state index contributed by atoms with van der Waals surface area (Å²) in [6.45, 7) is 1.52. The van der Waals surface area contributed by atoms with E-state index < -0.39 is 11.7 Å². The van der Waals surface area contributed by atoms with Crippen LogP contribution in [0.2, 0.25) is 0 Å². The molecule has 0 fully saturated rings. The second-order valence-electron chi connectivity index (χ2n) is 4.15. The Morgan fingerprint density at radius 3 is 2.89 bits per heavy atom. The van der Waals surface area contributed by atoms with Gasteiger partial charge in [-0.05, 0) is 25.1 Å². The fourth-order valence-electron chi connectivity index (χ4n) is 1.56. The lowest BCUT2D eigenvalue weighted by Crippen LogP contribution is -2.35. The maximum absolute atomic E-state index is 13.6. The Hall–Kier alpha value is -2.21. The number of amides is 1. The van der Waals surface area contributed by atoms with Gasteiger partial charge in [-0.1, -0.05) is 12.1 Å². The lowest BCUT2D eigenvalue weighted by Gasteiger charge is -2.08. The molecule has 2 N–H and O–H groups in total. The van der Waals surface area contributed by atoms with E-state index in [1.165, 1.54) is 23.0 Å². The number of nitrogens with one attached hydrogen (secondary N) is 1. The number of halogens is 1. The standard InChI is InChI=1S/C13H14FN3O2/c1-9(8-18)15-13(19)11-6-7-17(16-11)12-5-3-2-4-10(12)14/h2-7,9,18H,8H2,1H3,(H,15,19). The molecule has 0 spiro atoms. The lowest BCUT2D eigenvalue weighted by molar-refractivity contribution is 0.0917. The zero-order valence-corrected chi connectivity index (χ0v) is 10.4.